The summed E-state index contributed by atoms with van der Waals surface area (Å²) in [7, 11) is 1.56. The van der Waals surface area contributed by atoms with Gasteiger partial charge in [-0.25, -0.2) is 9.37 Å². The van der Waals surface area contributed by atoms with Crippen LogP contribution in [0.5, 0.6) is 0 Å². The largest absolute Gasteiger partial charge is 0.369 e. The van der Waals surface area contributed by atoms with Crippen LogP contribution in [0.1, 0.15) is 17.2 Å². The molecule has 2 aromatic carbocycles. The molecule has 3 aromatic rings. The molecule has 5 heteroatoms. The average Bonchev–Trinajstić information content (AvgIpc) is 2.64. The lowest BCUT2D eigenvalue weighted by Crippen LogP contribution is -2.23. The van der Waals surface area contributed by atoms with Crippen molar-refractivity contribution in [1.29, 1.82) is 0 Å². The monoisotopic (exact) mass is 347 g/mol. The number of nitrogens with two attached hydrogens (primary N) is 1. The smallest absolute Gasteiger partial charge is 0.254 e. The summed E-state index contributed by atoms with van der Waals surface area (Å²) in [6.07, 6.45) is 6.17. The molecule has 3 rings (SSSR count). The van der Waals surface area contributed by atoms with Crippen molar-refractivity contribution < 1.29 is 4.39 Å². The first kappa shape index (κ1) is 17.4. The quantitative estimate of drug-likeness (QED) is 0.738. The summed E-state index contributed by atoms with van der Waals surface area (Å²) in [6, 6.07) is 15.6. The number of halogens is 1. The summed E-state index contributed by atoms with van der Waals surface area (Å²) < 4.78 is 14.7. The molecule has 26 heavy (non-hydrogen) atoms. The molecular weight excluding hydrogens is 329 g/mol. The van der Waals surface area contributed by atoms with Crippen molar-refractivity contribution >= 4 is 5.95 Å². The fourth-order valence-corrected chi connectivity index (χ4v) is 2.78. The van der Waals surface area contributed by atoms with Crippen molar-refractivity contribution in [2.24, 2.45) is 7.05 Å². The average molecular weight is 347 g/mol. The van der Waals surface area contributed by atoms with Crippen LogP contribution in [0.2, 0.25) is 0 Å². The van der Waals surface area contributed by atoms with Gasteiger partial charge in [-0.15, -0.1) is 6.42 Å². The van der Waals surface area contributed by atoms with Crippen LogP contribution in [0.25, 0.3) is 11.1 Å². The number of anilines is 1. The van der Waals surface area contributed by atoms with Crippen LogP contribution in [0, 0.1) is 18.2 Å². The molecule has 1 atom stereocenters. The van der Waals surface area contributed by atoms with E-state index in [-0.39, 0.29) is 23.2 Å². The van der Waals surface area contributed by atoms with Gasteiger partial charge in [-0.1, -0.05) is 42.3 Å². The third kappa shape index (κ3) is 3.65. The highest BCUT2D eigenvalue weighted by Gasteiger charge is 2.14. The molecule has 2 N–H and O–H groups in total. The minimum absolute atomic E-state index is 0.126. The number of hydrogen-bond acceptors (Lipinski definition) is 3. The molecule has 0 radical (unpaired) electrons. The van der Waals surface area contributed by atoms with Crippen LogP contribution >= 0.6 is 0 Å². The van der Waals surface area contributed by atoms with Gasteiger partial charge in [0.2, 0.25) is 5.95 Å². The molecule has 0 saturated heterocycles. The first-order valence-corrected chi connectivity index (χ1v) is 8.12. The highest BCUT2D eigenvalue weighted by Crippen LogP contribution is 2.24. The molecule has 0 aliphatic carbocycles. The minimum Gasteiger partial charge on any atom is -0.369 e. The number of benzene rings is 2. The number of aromatic nitrogens is 2. The van der Waals surface area contributed by atoms with Crippen LogP contribution < -0.4 is 11.3 Å². The number of terminal acetylenes is 1. The van der Waals surface area contributed by atoms with E-state index in [0.29, 0.717) is 12.1 Å². The maximum atomic E-state index is 13.5. The Labute approximate surface area is 151 Å². The molecule has 0 aliphatic rings. The first-order valence-electron chi connectivity index (χ1n) is 8.12. The minimum atomic E-state index is -0.381. The lowest BCUT2D eigenvalue weighted by molar-refractivity contribution is 0.628. The molecule has 0 aliphatic heterocycles. The zero-order valence-electron chi connectivity index (χ0n) is 14.3. The van der Waals surface area contributed by atoms with Crippen LogP contribution in [0.15, 0.2) is 59.4 Å². The first-order chi connectivity index (χ1) is 12.5. The van der Waals surface area contributed by atoms with Crippen LogP contribution in [-0.2, 0) is 13.5 Å². The van der Waals surface area contributed by atoms with E-state index in [0.717, 1.165) is 16.7 Å². The summed E-state index contributed by atoms with van der Waals surface area (Å²) in [6.45, 7) is 0. The number of nitrogens with zero attached hydrogens (tertiary/aromatic N) is 2. The maximum Gasteiger partial charge on any atom is 0.254 e. The van der Waals surface area contributed by atoms with Gasteiger partial charge in [0.05, 0.1) is 11.6 Å². The van der Waals surface area contributed by atoms with Gasteiger partial charge in [-0.2, -0.15) is 0 Å². The van der Waals surface area contributed by atoms with Gasteiger partial charge in [0.25, 0.3) is 5.56 Å². The van der Waals surface area contributed by atoms with Crippen molar-refractivity contribution in [2.45, 2.75) is 12.3 Å². The molecule has 130 valence electrons. The van der Waals surface area contributed by atoms with E-state index in [1.807, 2.05) is 30.3 Å². The number of hydrogen-bond donors (Lipinski definition) is 1. The molecule has 0 spiro atoms. The van der Waals surface area contributed by atoms with Crippen LogP contribution in [0.4, 0.5) is 10.3 Å². The van der Waals surface area contributed by atoms with Gasteiger partial charge in [0.1, 0.15) is 5.82 Å². The lowest BCUT2D eigenvalue weighted by atomic mass is 9.94. The topological polar surface area (TPSA) is 60.9 Å². The molecular formula is C21H18FN3O. The normalized spacial score (nSPS) is 11.7. The number of rotatable bonds is 4. The molecule has 1 heterocycles. The van der Waals surface area contributed by atoms with Gasteiger partial charge in [-0.3, -0.25) is 9.36 Å². The van der Waals surface area contributed by atoms with E-state index >= 15 is 0 Å². The van der Waals surface area contributed by atoms with Crippen molar-refractivity contribution in [1.82, 2.24) is 9.55 Å². The molecule has 1 aromatic heterocycles. The summed E-state index contributed by atoms with van der Waals surface area (Å²) in [5, 5.41) is 0. The fourth-order valence-electron chi connectivity index (χ4n) is 2.78. The molecule has 4 nitrogen and oxygen atoms in total. The van der Waals surface area contributed by atoms with Gasteiger partial charge in [0, 0.05) is 13.1 Å². The molecule has 0 unspecified atom stereocenters. The van der Waals surface area contributed by atoms with Gasteiger partial charge in [0.15, 0.2) is 0 Å². The Bertz CT molecular complexity index is 1050. The second-order valence-electron chi connectivity index (χ2n) is 6.07. The van der Waals surface area contributed by atoms with E-state index < -0.39 is 0 Å². The van der Waals surface area contributed by atoms with Crippen molar-refractivity contribution in [3.63, 3.8) is 0 Å². The van der Waals surface area contributed by atoms with Crippen LogP contribution in [-0.4, -0.2) is 9.55 Å². The van der Waals surface area contributed by atoms with Gasteiger partial charge < -0.3 is 5.73 Å². The highest BCUT2D eigenvalue weighted by molar-refractivity contribution is 5.64. The Morgan fingerprint density at radius 2 is 1.88 bits per heavy atom. The van der Waals surface area contributed by atoms with E-state index in [9.17, 15) is 9.18 Å². The zero-order valence-corrected chi connectivity index (χ0v) is 14.3. The fraction of sp³-hybridized carbons (Fsp3) is 0.143. The Kier molecular flexibility index (Phi) is 4.85. The van der Waals surface area contributed by atoms with Crippen molar-refractivity contribution in [3.05, 3.63) is 82.0 Å². The Hall–Kier alpha value is -3.39. The lowest BCUT2D eigenvalue weighted by Gasteiger charge is -2.13. The Morgan fingerprint density at radius 1 is 1.19 bits per heavy atom. The molecule has 0 saturated carbocycles. The maximum absolute atomic E-state index is 13.5. The van der Waals surface area contributed by atoms with Crippen LogP contribution in [0.3, 0.4) is 0 Å². The Balaban J connectivity index is 1.91. The Morgan fingerprint density at radius 3 is 2.54 bits per heavy atom. The van der Waals surface area contributed by atoms with Gasteiger partial charge >= 0.3 is 0 Å². The zero-order chi connectivity index (χ0) is 18.7. The van der Waals surface area contributed by atoms with E-state index in [1.165, 1.54) is 22.8 Å². The standard InChI is InChI=1S/C21H18FN3O/c1-3-15(19-13-20(26)25(2)21(23)24-19)10-14-6-4-7-16(11-14)17-8-5-9-18(22)12-17/h1,4-9,11-13,15H,10H2,2H3,(H2,23,24)/t15-/m0/s1. The summed E-state index contributed by atoms with van der Waals surface area (Å²) >= 11 is 0. The van der Waals surface area contributed by atoms with E-state index in [1.54, 1.807) is 13.1 Å². The van der Waals surface area contributed by atoms with Crippen molar-refractivity contribution in [2.75, 3.05) is 5.73 Å². The van der Waals surface area contributed by atoms with E-state index in [4.69, 9.17) is 12.2 Å². The second kappa shape index (κ2) is 7.24. The third-order valence-corrected chi connectivity index (χ3v) is 4.27. The molecule has 0 fully saturated rings. The van der Waals surface area contributed by atoms with Crippen molar-refractivity contribution in [3.8, 4) is 23.5 Å². The predicted octanol–water partition coefficient (Wildman–Crippen LogP) is 3.13. The third-order valence-electron chi connectivity index (χ3n) is 4.27. The second-order valence-corrected chi connectivity index (χ2v) is 6.07. The highest BCUT2D eigenvalue weighted by atomic mass is 19.1. The number of nitrogen functional groups attached to an aromatic ring is 1. The summed E-state index contributed by atoms with van der Waals surface area (Å²) in [5.41, 5.74) is 8.65. The predicted molar refractivity (Wildman–Crippen MR) is 101 cm³/mol. The SMILES string of the molecule is C#C[C@@H](Cc1cccc(-c2cccc(F)c2)c1)c1cc(=O)n(C)c(N)n1. The summed E-state index contributed by atoms with van der Waals surface area (Å²) in [4.78, 5) is 16.2. The molecule has 0 bridgehead atoms. The molecule has 0 amide bonds. The summed E-state index contributed by atoms with van der Waals surface area (Å²) in [5.74, 6) is 2.15. The van der Waals surface area contributed by atoms with Gasteiger partial charge in [-0.05, 0) is 35.2 Å². The van der Waals surface area contributed by atoms with E-state index in [2.05, 4.69) is 10.9 Å².